The number of carbonyl (C=O) groups is 1. The summed E-state index contributed by atoms with van der Waals surface area (Å²) >= 11 is 8.52. The number of aromatic nitrogens is 2. The Morgan fingerprint density at radius 3 is 2.66 bits per heavy atom. The van der Waals surface area contributed by atoms with Gasteiger partial charge >= 0.3 is 0 Å². The molecule has 29 heavy (non-hydrogen) atoms. The first kappa shape index (κ1) is 20.0. The van der Waals surface area contributed by atoms with Crippen LogP contribution in [0.25, 0.3) is 5.69 Å². The highest BCUT2D eigenvalue weighted by Crippen LogP contribution is 2.25. The van der Waals surface area contributed by atoms with E-state index in [0.29, 0.717) is 16.4 Å². The quantitative estimate of drug-likeness (QED) is 0.646. The first-order valence-electron chi connectivity index (χ1n) is 9.63. The molecule has 0 spiro atoms. The fourth-order valence-electron chi connectivity index (χ4n) is 3.46. The lowest BCUT2D eigenvalue weighted by Crippen LogP contribution is -2.31. The topological polar surface area (TPSA) is 50.2 Å². The standard InChI is InChI=1S/C22H23ClN4OS/c1-16-20(21(23)27(25-16)19-8-3-2-4-9-19)22(28)24-18-7-5-6-17(14-18)15-26-10-12-29-13-11-26/h2-9,14H,10-13,15H2,1H3,(H,24,28). The Morgan fingerprint density at radius 2 is 1.90 bits per heavy atom. The van der Waals surface area contributed by atoms with Gasteiger partial charge in [0.25, 0.3) is 5.91 Å². The summed E-state index contributed by atoms with van der Waals surface area (Å²) in [6.07, 6.45) is 0. The molecule has 1 N–H and O–H groups in total. The first-order chi connectivity index (χ1) is 14.1. The molecule has 3 aromatic rings. The molecule has 1 saturated heterocycles. The van der Waals surface area contributed by atoms with Gasteiger partial charge in [-0.05, 0) is 36.8 Å². The highest BCUT2D eigenvalue weighted by atomic mass is 35.5. The fourth-order valence-corrected chi connectivity index (χ4v) is 4.79. The van der Waals surface area contributed by atoms with Crippen molar-refractivity contribution in [2.24, 2.45) is 0 Å². The van der Waals surface area contributed by atoms with Crippen LogP contribution in [0, 0.1) is 6.92 Å². The molecule has 0 aliphatic carbocycles. The zero-order valence-electron chi connectivity index (χ0n) is 16.3. The van der Waals surface area contributed by atoms with E-state index in [2.05, 4.69) is 21.4 Å². The van der Waals surface area contributed by atoms with Crippen molar-refractivity contribution in [1.29, 1.82) is 0 Å². The van der Waals surface area contributed by atoms with Gasteiger partial charge in [-0.25, -0.2) is 4.68 Å². The summed E-state index contributed by atoms with van der Waals surface area (Å²) in [6.45, 7) is 4.91. The van der Waals surface area contributed by atoms with Crippen LogP contribution < -0.4 is 5.32 Å². The second-order valence-electron chi connectivity index (χ2n) is 7.04. The van der Waals surface area contributed by atoms with Crippen molar-refractivity contribution in [1.82, 2.24) is 14.7 Å². The van der Waals surface area contributed by atoms with Crippen LogP contribution in [0.5, 0.6) is 0 Å². The van der Waals surface area contributed by atoms with Crippen LogP contribution in [0.2, 0.25) is 5.15 Å². The SMILES string of the molecule is Cc1nn(-c2ccccc2)c(Cl)c1C(=O)Nc1cccc(CN2CCSCC2)c1. The van der Waals surface area contributed by atoms with E-state index in [1.54, 1.807) is 11.6 Å². The molecule has 0 bridgehead atoms. The van der Waals surface area contributed by atoms with E-state index >= 15 is 0 Å². The van der Waals surface area contributed by atoms with Gasteiger partial charge in [0.05, 0.1) is 11.4 Å². The number of rotatable bonds is 5. The zero-order chi connectivity index (χ0) is 20.2. The zero-order valence-corrected chi connectivity index (χ0v) is 17.8. The van der Waals surface area contributed by atoms with Gasteiger partial charge in [0.2, 0.25) is 0 Å². The number of nitrogens with zero attached hydrogens (tertiary/aromatic N) is 3. The van der Waals surface area contributed by atoms with Gasteiger partial charge in [0.1, 0.15) is 10.7 Å². The smallest absolute Gasteiger partial charge is 0.260 e. The summed E-state index contributed by atoms with van der Waals surface area (Å²) in [7, 11) is 0. The molecule has 1 aromatic heterocycles. The minimum atomic E-state index is -0.249. The molecule has 0 saturated carbocycles. The van der Waals surface area contributed by atoms with Crippen molar-refractivity contribution < 1.29 is 4.79 Å². The van der Waals surface area contributed by atoms with Crippen molar-refractivity contribution in [3.05, 3.63) is 76.6 Å². The summed E-state index contributed by atoms with van der Waals surface area (Å²) in [6, 6.07) is 17.6. The van der Waals surface area contributed by atoms with Gasteiger partial charge in [-0.15, -0.1) is 0 Å². The van der Waals surface area contributed by atoms with Crippen molar-refractivity contribution in [3.8, 4) is 5.69 Å². The summed E-state index contributed by atoms with van der Waals surface area (Å²) in [4.78, 5) is 15.4. The van der Waals surface area contributed by atoms with E-state index in [1.165, 1.54) is 17.1 Å². The number of anilines is 1. The maximum absolute atomic E-state index is 12.9. The van der Waals surface area contributed by atoms with E-state index in [-0.39, 0.29) is 5.91 Å². The first-order valence-corrected chi connectivity index (χ1v) is 11.2. The number of nitrogens with one attached hydrogen (secondary N) is 1. The second kappa shape index (κ2) is 9.03. The molecule has 150 valence electrons. The van der Waals surface area contributed by atoms with Crippen molar-refractivity contribution in [3.63, 3.8) is 0 Å². The average Bonchev–Trinajstić information content (AvgIpc) is 3.04. The fraction of sp³-hybridized carbons (Fsp3) is 0.273. The predicted octanol–water partition coefficient (Wildman–Crippen LogP) is 4.64. The molecule has 0 radical (unpaired) electrons. The van der Waals surface area contributed by atoms with Crippen LogP contribution in [-0.2, 0) is 6.54 Å². The van der Waals surface area contributed by atoms with Crippen LogP contribution in [-0.4, -0.2) is 45.2 Å². The lowest BCUT2D eigenvalue weighted by atomic mass is 10.1. The van der Waals surface area contributed by atoms with Crippen LogP contribution in [0.1, 0.15) is 21.6 Å². The third-order valence-electron chi connectivity index (χ3n) is 4.93. The number of benzene rings is 2. The number of hydrogen-bond acceptors (Lipinski definition) is 4. The Labute approximate surface area is 180 Å². The van der Waals surface area contributed by atoms with E-state index in [1.807, 2.05) is 60.3 Å². The highest BCUT2D eigenvalue weighted by Gasteiger charge is 2.21. The van der Waals surface area contributed by atoms with Crippen molar-refractivity contribution >= 4 is 35.0 Å². The Kier molecular flexibility index (Phi) is 6.23. The third-order valence-corrected chi connectivity index (χ3v) is 6.22. The largest absolute Gasteiger partial charge is 0.322 e. The summed E-state index contributed by atoms with van der Waals surface area (Å²) in [5.74, 6) is 2.11. The lowest BCUT2D eigenvalue weighted by Gasteiger charge is -2.26. The number of aryl methyl sites for hydroxylation is 1. The van der Waals surface area contributed by atoms with Crippen molar-refractivity contribution in [2.75, 3.05) is 29.9 Å². The minimum Gasteiger partial charge on any atom is -0.322 e. The van der Waals surface area contributed by atoms with Gasteiger partial charge in [-0.2, -0.15) is 16.9 Å². The van der Waals surface area contributed by atoms with Gasteiger partial charge in [-0.3, -0.25) is 9.69 Å². The molecule has 1 amide bonds. The van der Waals surface area contributed by atoms with Gasteiger partial charge in [0.15, 0.2) is 0 Å². The van der Waals surface area contributed by atoms with E-state index in [0.717, 1.165) is 31.0 Å². The molecule has 5 nitrogen and oxygen atoms in total. The van der Waals surface area contributed by atoms with Gasteiger partial charge in [-0.1, -0.05) is 41.9 Å². The predicted molar refractivity (Wildman–Crippen MR) is 120 cm³/mol. The number of carbonyl (C=O) groups excluding carboxylic acids is 1. The number of para-hydroxylation sites is 1. The lowest BCUT2D eigenvalue weighted by molar-refractivity contribution is 0.102. The summed E-state index contributed by atoms with van der Waals surface area (Å²) in [5.41, 5.74) is 3.77. The van der Waals surface area contributed by atoms with Crippen LogP contribution >= 0.6 is 23.4 Å². The summed E-state index contributed by atoms with van der Waals surface area (Å²) < 4.78 is 1.59. The Morgan fingerprint density at radius 1 is 1.14 bits per heavy atom. The Balaban J connectivity index is 1.51. The van der Waals surface area contributed by atoms with Crippen molar-refractivity contribution in [2.45, 2.75) is 13.5 Å². The molecule has 0 unspecified atom stereocenters. The Bertz CT molecular complexity index is 999. The van der Waals surface area contributed by atoms with E-state index in [4.69, 9.17) is 11.6 Å². The molecular weight excluding hydrogens is 404 g/mol. The molecule has 2 aromatic carbocycles. The monoisotopic (exact) mass is 426 g/mol. The maximum Gasteiger partial charge on any atom is 0.260 e. The number of amides is 1. The van der Waals surface area contributed by atoms with Crippen LogP contribution in [0.15, 0.2) is 54.6 Å². The maximum atomic E-state index is 12.9. The molecule has 2 heterocycles. The molecule has 4 rings (SSSR count). The summed E-state index contributed by atoms with van der Waals surface area (Å²) in [5, 5.41) is 7.75. The van der Waals surface area contributed by atoms with Crippen LogP contribution in [0.4, 0.5) is 5.69 Å². The minimum absolute atomic E-state index is 0.249. The highest BCUT2D eigenvalue weighted by molar-refractivity contribution is 7.99. The average molecular weight is 427 g/mol. The van der Waals surface area contributed by atoms with Gasteiger partial charge < -0.3 is 5.32 Å². The number of hydrogen-bond donors (Lipinski definition) is 1. The van der Waals surface area contributed by atoms with Crippen LogP contribution in [0.3, 0.4) is 0 Å². The third kappa shape index (κ3) is 4.66. The normalized spacial score (nSPS) is 14.7. The second-order valence-corrected chi connectivity index (χ2v) is 8.62. The molecule has 1 fully saturated rings. The van der Waals surface area contributed by atoms with E-state index < -0.39 is 0 Å². The molecule has 1 aliphatic rings. The molecule has 7 heteroatoms. The molecular formula is C22H23ClN4OS. The van der Waals surface area contributed by atoms with Gasteiger partial charge in [0, 0.05) is 36.8 Å². The number of halogens is 1. The Hall–Kier alpha value is -2.28. The number of thioether (sulfide) groups is 1. The van der Waals surface area contributed by atoms with E-state index in [9.17, 15) is 4.79 Å². The molecule has 1 aliphatic heterocycles. The molecule has 0 atom stereocenters.